The molecule has 3 rings (SSSR count). The summed E-state index contributed by atoms with van der Waals surface area (Å²) in [5.41, 5.74) is 5.14. The van der Waals surface area contributed by atoms with E-state index >= 15 is 0 Å². The minimum Gasteiger partial charge on any atom is -0.330 e. The molecule has 2 aromatic rings. The fourth-order valence-corrected chi connectivity index (χ4v) is 2.87. The summed E-state index contributed by atoms with van der Waals surface area (Å²) in [6.07, 6.45) is 0.790. The minimum atomic E-state index is -0.571. The number of carbonyl (C=O) groups excluding carboxylic acids is 2. The van der Waals surface area contributed by atoms with Crippen molar-refractivity contribution in [1.29, 1.82) is 0 Å². The average molecular weight is 308 g/mol. The highest BCUT2D eigenvalue weighted by Gasteiger charge is 2.25. The molecule has 0 atom stereocenters. The molecule has 1 N–H and O–H groups in total. The number of hydrogen-bond donors (Lipinski definition) is 1. The predicted octanol–water partition coefficient (Wildman–Crippen LogP) is 2.83. The van der Waals surface area contributed by atoms with Gasteiger partial charge >= 0.3 is 11.8 Å². The van der Waals surface area contributed by atoms with Crippen LogP contribution >= 0.6 is 0 Å². The first-order chi connectivity index (χ1) is 11.1. The van der Waals surface area contributed by atoms with Crippen molar-refractivity contribution in [3.63, 3.8) is 0 Å². The maximum Gasteiger partial charge on any atom is 0.313 e. The highest BCUT2D eigenvalue weighted by Crippen LogP contribution is 2.20. The third kappa shape index (κ3) is 3.11. The van der Waals surface area contributed by atoms with E-state index in [1.807, 2.05) is 50.2 Å². The van der Waals surface area contributed by atoms with Crippen LogP contribution in [0.3, 0.4) is 0 Å². The number of nitrogens with zero attached hydrogens (tertiary/aromatic N) is 1. The zero-order chi connectivity index (χ0) is 16.4. The second kappa shape index (κ2) is 6.24. The lowest BCUT2D eigenvalue weighted by atomic mass is 10.00. The summed E-state index contributed by atoms with van der Waals surface area (Å²) in [6.45, 7) is 4.99. The molecule has 0 bridgehead atoms. The van der Waals surface area contributed by atoms with Crippen LogP contribution in [-0.4, -0.2) is 23.3 Å². The summed E-state index contributed by atoms with van der Waals surface area (Å²) < 4.78 is 0. The number of nitrogens with one attached hydrogen (secondary N) is 1. The zero-order valence-electron chi connectivity index (χ0n) is 13.4. The molecule has 4 nitrogen and oxygen atoms in total. The Labute approximate surface area is 136 Å². The first-order valence-electron chi connectivity index (χ1n) is 7.79. The van der Waals surface area contributed by atoms with E-state index in [0.717, 1.165) is 23.1 Å². The lowest BCUT2D eigenvalue weighted by molar-refractivity contribution is -0.143. The molecule has 0 spiro atoms. The first-order valence-corrected chi connectivity index (χ1v) is 7.79. The molecule has 1 aliphatic rings. The molecule has 2 amide bonds. The standard InChI is InChI=1S/C19H20N2O2/c1-13-6-5-9-17(14(13)2)20-18(22)19(23)21-11-10-15-7-3-4-8-16(15)12-21/h3-9H,10-12H2,1-2H3,(H,20,22). The number of benzene rings is 2. The molecule has 118 valence electrons. The molecule has 0 fully saturated rings. The van der Waals surface area contributed by atoms with Crippen LogP contribution < -0.4 is 5.32 Å². The van der Waals surface area contributed by atoms with Gasteiger partial charge in [0.15, 0.2) is 0 Å². The molecule has 0 saturated heterocycles. The van der Waals surface area contributed by atoms with E-state index in [4.69, 9.17) is 0 Å². The van der Waals surface area contributed by atoms with Crippen LogP contribution in [0.15, 0.2) is 42.5 Å². The topological polar surface area (TPSA) is 49.4 Å². The molecule has 0 aliphatic carbocycles. The normalized spacial score (nSPS) is 13.4. The molecule has 0 saturated carbocycles. The van der Waals surface area contributed by atoms with Crippen LogP contribution in [0.1, 0.15) is 22.3 Å². The summed E-state index contributed by atoms with van der Waals surface area (Å²) in [7, 11) is 0. The van der Waals surface area contributed by atoms with Crippen molar-refractivity contribution in [1.82, 2.24) is 4.90 Å². The highest BCUT2D eigenvalue weighted by molar-refractivity contribution is 6.39. The number of aryl methyl sites for hydroxylation is 1. The molecule has 1 heterocycles. The van der Waals surface area contributed by atoms with Crippen LogP contribution in [0, 0.1) is 13.8 Å². The van der Waals surface area contributed by atoms with E-state index < -0.39 is 11.8 Å². The first kappa shape index (κ1) is 15.3. The minimum absolute atomic E-state index is 0.472. The lowest BCUT2D eigenvalue weighted by Gasteiger charge is -2.28. The Hall–Kier alpha value is -2.62. The zero-order valence-corrected chi connectivity index (χ0v) is 13.4. The van der Waals surface area contributed by atoms with Gasteiger partial charge in [-0.1, -0.05) is 36.4 Å². The van der Waals surface area contributed by atoms with Gasteiger partial charge in [-0.3, -0.25) is 9.59 Å². The van der Waals surface area contributed by atoms with Gasteiger partial charge in [-0.25, -0.2) is 0 Å². The van der Waals surface area contributed by atoms with Gasteiger partial charge in [0.25, 0.3) is 0 Å². The Morgan fingerprint density at radius 3 is 2.52 bits per heavy atom. The summed E-state index contributed by atoms with van der Waals surface area (Å²) in [5, 5.41) is 2.74. The number of anilines is 1. The fourth-order valence-electron chi connectivity index (χ4n) is 2.87. The Morgan fingerprint density at radius 2 is 1.74 bits per heavy atom. The molecule has 1 aliphatic heterocycles. The molecular weight excluding hydrogens is 288 g/mol. The smallest absolute Gasteiger partial charge is 0.313 e. The number of fused-ring (bicyclic) bond motifs is 1. The molecule has 0 radical (unpaired) electrons. The Bertz CT molecular complexity index is 768. The maximum atomic E-state index is 12.4. The molecule has 23 heavy (non-hydrogen) atoms. The van der Waals surface area contributed by atoms with Gasteiger partial charge in [0.1, 0.15) is 0 Å². The van der Waals surface area contributed by atoms with Gasteiger partial charge in [0.2, 0.25) is 0 Å². The number of hydrogen-bond acceptors (Lipinski definition) is 2. The van der Waals surface area contributed by atoms with Crippen LogP contribution in [0.5, 0.6) is 0 Å². The van der Waals surface area contributed by atoms with Gasteiger partial charge < -0.3 is 10.2 Å². The van der Waals surface area contributed by atoms with Crippen LogP contribution in [0.4, 0.5) is 5.69 Å². The van der Waals surface area contributed by atoms with E-state index in [0.29, 0.717) is 18.8 Å². The molecule has 2 aromatic carbocycles. The van der Waals surface area contributed by atoms with Gasteiger partial charge in [-0.2, -0.15) is 0 Å². The average Bonchev–Trinajstić information content (AvgIpc) is 2.57. The molecular formula is C19H20N2O2. The monoisotopic (exact) mass is 308 g/mol. The van der Waals surface area contributed by atoms with E-state index in [2.05, 4.69) is 11.4 Å². The van der Waals surface area contributed by atoms with E-state index in [1.165, 1.54) is 5.56 Å². The summed E-state index contributed by atoms with van der Waals surface area (Å²) in [5.74, 6) is -1.04. The molecule has 4 heteroatoms. The maximum absolute atomic E-state index is 12.4. The van der Waals surface area contributed by atoms with Gasteiger partial charge in [0.05, 0.1) is 0 Å². The Morgan fingerprint density at radius 1 is 1.00 bits per heavy atom. The third-order valence-corrected chi connectivity index (χ3v) is 4.46. The van der Waals surface area contributed by atoms with Crippen molar-refractivity contribution in [2.24, 2.45) is 0 Å². The number of carbonyl (C=O) groups is 2. The Kier molecular flexibility index (Phi) is 4.15. The van der Waals surface area contributed by atoms with Gasteiger partial charge in [-0.15, -0.1) is 0 Å². The van der Waals surface area contributed by atoms with Crippen molar-refractivity contribution in [2.45, 2.75) is 26.8 Å². The highest BCUT2D eigenvalue weighted by atomic mass is 16.2. The SMILES string of the molecule is Cc1cccc(NC(=O)C(=O)N2CCc3ccccc3C2)c1C. The van der Waals surface area contributed by atoms with E-state index in [9.17, 15) is 9.59 Å². The molecule has 0 unspecified atom stereocenters. The lowest BCUT2D eigenvalue weighted by Crippen LogP contribution is -2.42. The van der Waals surface area contributed by atoms with E-state index in [1.54, 1.807) is 4.90 Å². The van der Waals surface area contributed by atoms with Crippen molar-refractivity contribution >= 4 is 17.5 Å². The van der Waals surface area contributed by atoms with Crippen LogP contribution in [-0.2, 0) is 22.6 Å². The number of amides is 2. The third-order valence-electron chi connectivity index (χ3n) is 4.46. The predicted molar refractivity (Wildman–Crippen MR) is 90.1 cm³/mol. The van der Waals surface area contributed by atoms with Gasteiger partial charge in [0, 0.05) is 18.8 Å². The van der Waals surface area contributed by atoms with Crippen LogP contribution in [0.2, 0.25) is 0 Å². The fraction of sp³-hybridized carbons (Fsp3) is 0.263. The molecule has 0 aromatic heterocycles. The Balaban J connectivity index is 1.71. The van der Waals surface area contributed by atoms with Crippen LogP contribution in [0.25, 0.3) is 0 Å². The largest absolute Gasteiger partial charge is 0.330 e. The summed E-state index contributed by atoms with van der Waals surface area (Å²) in [6, 6.07) is 13.7. The van der Waals surface area contributed by atoms with Crippen molar-refractivity contribution < 1.29 is 9.59 Å². The second-order valence-corrected chi connectivity index (χ2v) is 5.95. The van der Waals surface area contributed by atoms with Crippen molar-refractivity contribution in [2.75, 3.05) is 11.9 Å². The van der Waals surface area contributed by atoms with Gasteiger partial charge in [-0.05, 0) is 48.6 Å². The summed E-state index contributed by atoms with van der Waals surface area (Å²) in [4.78, 5) is 26.3. The van der Waals surface area contributed by atoms with Crippen molar-refractivity contribution in [3.05, 3.63) is 64.7 Å². The summed E-state index contributed by atoms with van der Waals surface area (Å²) >= 11 is 0. The van der Waals surface area contributed by atoms with E-state index in [-0.39, 0.29) is 0 Å². The quantitative estimate of drug-likeness (QED) is 0.824. The van der Waals surface area contributed by atoms with Crippen molar-refractivity contribution in [3.8, 4) is 0 Å². The second-order valence-electron chi connectivity index (χ2n) is 5.95. The number of rotatable bonds is 1.